The van der Waals surface area contributed by atoms with Crippen molar-refractivity contribution in [1.82, 2.24) is 4.90 Å². The minimum atomic E-state index is -1.21. The Morgan fingerprint density at radius 1 is 1.56 bits per heavy atom. The number of ether oxygens (including phenoxy) is 1. The Morgan fingerprint density at radius 3 is 2.78 bits per heavy atom. The van der Waals surface area contributed by atoms with Crippen LogP contribution in [0.3, 0.4) is 0 Å². The van der Waals surface area contributed by atoms with Crippen LogP contribution in [0.4, 0.5) is 4.79 Å². The van der Waals surface area contributed by atoms with Gasteiger partial charge in [-0.25, -0.2) is 4.79 Å². The van der Waals surface area contributed by atoms with Gasteiger partial charge in [0.05, 0.1) is 0 Å². The third kappa shape index (κ3) is 2.71. The van der Waals surface area contributed by atoms with E-state index < -0.39 is 6.16 Å². The van der Waals surface area contributed by atoms with Crippen molar-refractivity contribution in [1.29, 1.82) is 0 Å². The van der Waals surface area contributed by atoms with Crippen molar-refractivity contribution in [3.05, 3.63) is 48.6 Å². The van der Waals surface area contributed by atoms with Crippen LogP contribution >= 0.6 is 0 Å². The van der Waals surface area contributed by atoms with Gasteiger partial charge in [-0.15, -0.1) is 6.58 Å². The monoisotopic (exact) mass is 247 g/mol. The molecule has 0 bridgehead atoms. The fourth-order valence-corrected chi connectivity index (χ4v) is 2.28. The van der Waals surface area contributed by atoms with E-state index in [-0.39, 0.29) is 12.3 Å². The minimum absolute atomic E-state index is 0.141. The van der Waals surface area contributed by atoms with Crippen molar-refractivity contribution < 1.29 is 14.6 Å². The number of likely N-dealkylation sites (tertiary alicyclic amines) is 1. The molecule has 0 radical (unpaired) electrons. The van der Waals surface area contributed by atoms with Crippen molar-refractivity contribution in [2.75, 3.05) is 6.54 Å². The molecule has 1 aliphatic rings. The topological polar surface area (TPSA) is 49.8 Å². The van der Waals surface area contributed by atoms with Gasteiger partial charge in [0.15, 0.2) is 6.23 Å². The number of benzene rings is 1. The van der Waals surface area contributed by atoms with Gasteiger partial charge in [0.2, 0.25) is 0 Å². The lowest BCUT2D eigenvalue weighted by Gasteiger charge is -2.44. The highest BCUT2D eigenvalue weighted by atomic mass is 16.7. The molecular formula is C14H17NO3. The van der Waals surface area contributed by atoms with E-state index in [1.54, 1.807) is 0 Å². The van der Waals surface area contributed by atoms with E-state index >= 15 is 0 Å². The van der Waals surface area contributed by atoms with Crippen molar-refractivity contribution >= 4 is 6.16 Å². The molecule has 0 spiro atoms. The predicted octanol–water partition coefficient (Wildman–Crippen LogP) is 3.03. The first-order chi connectivity index (χ1) is 8.72. The number of carbonyl (C=O) groups is 1. The van der Waals surface area contributed by atoms with Gasteiger partial charge >= 0.3 is 6.16 Å². The van der Waals surface area contributed by atoms with Gasteiger partial charge in [-0.1, -0.05) is 36.4 Å². The molecule has 0 saturated carbocycles. The normalized spacial score (nSPS) is 20.8. The summed E-state index contributed by atoms with van der Waals surface area (Å²) >= 11 is 0. The Kier molecular flexibility index (Phi) is 3.99. The summed E-state index contributed by atoms with van der Waals surface area (Å²) in [6, 6.07) is 10.2. The Morgan fingerprint density at radius 2 is 2.28 bits per heavy atom. The standard InChI is InChI=1S/C14H17NO3/c1-2-6-12(11-7-4-3-5-8-11)15-10-9-13(15)18-14(16)17/h2-5,7-8,12-13H,1,6,9-10H2,(H,16,17). The van der Waals surface area contributed by atoms with Crippen LogP contribution in [0.2, 0.25) is 0 Å². The number of rotatable bonds is 5. The second-order valence-corrected chi connectivity index (χ2v) is 4.32. The third-order valence-corrected chi connectivity index (χ3v) is 3.22. The lowest BCUT2D eigenvalue weighted by molar-refractivity contribution is -0.117. The van der Waals surface area contributed by atoms with Crippen LogP contribution < -0.4 is 0 Å². The summed E-state index contributed by atoms with van der Waals surface area (Å²) < 4.78 is 4.86. The van der Waals surface area contributed by atoms with E-state index in [1.165, 1.54) is 0 Å². The molecule has 0 aliphatic carbocycles. The molecule has 1 heterocycles. The number of hydrogen-bond acceptors (Lipinski definition) is 3. The van der Waals surface area contributed by atoms with E-state index in [0.717, 1.165) is 24.9 Å². The smallest absolute Gasteiger partial charge is 0.450 e. The van der Waals surface area contributed by atoms with Crippen LogP contribution in [0, 0.1) is 0 Å². The SMILES string of the molecule is C=CCC(c1ccccc1)N1CCC1OC(=O)O. The number of hydrogen-bond donors (Lipinski definition) is 1. The maximum Gasteiger partial charge on any atom is 0.507 e. The van der Waals surface area contributed by atoms with E-state index in [2.05, 4.69) is 11.5 Å². The highest BCUT2D eigenvalue weighted by Gasteiger charge is 2.36. The van der Waals surface area contributed by atoms with Crippen LogP contribution in [-0.4, -0.2) is 28.9 Å². The Hall–Kier alpha value is -1.81. The molecule has 0 amide bonds. The maximum absolute atomic E-state index is 10.6. The van der Waals surface area contributed by atoms with Gasteiger partial charge in [0.1, 0.15) is 0 Å². The van der Waals surface area contributed by atoms with Crippen molar-refractivity contribution in [3.8, 4) is 0 Å². The summed E-state index contributed by atoms with van der Waals surface area (Å²) in [5, 5.41) is 8.68. The number of nitrogens with zero attached hydrogens (tertiary/aromatic N) is 1. The zero-order chi connectivity index (χ0) is 13.0. The molecular weight excluding hydrogens is 230 g/mol. The molecule has 96 valence electrons. The molecule has 4 heteroatoms. The van der Waals surface area contributed by atoms with Gasteiger partial charge in [0, 0.05) is 19.0 Å². The predicted molar refractivity (Wildman–Crippen MR) is 68.2 cm³/mol. The largest absolute Gasteiger partial charge is 0.507 e. The van der Waals surface area contributed by atoms with E-state index in [9.17, 15) is 4.79 Å². The average Bonchev–Trinajstić information content (AvgIpc) is 2.35. The molecule has 2 rings (SSSR count). The number of carboxylic acid groups (broad SMARTS) is 1. The molecule has 1 aromatic rings. The molecule has 2 atom stereocenters. The molecule has 4 nitrogen and oxygen atoms in total. The fraction of sp³-hybridized carbons (Fsp3) is 0.357. The van der Waals surface area contributed by atoms with Crippen molar-refractivity contribution in [3.63, 3.8) is 0 Å². The highest BCUT2D eigenvalue weighted by molar-refractivity contribution is 5.57. The maximum atomic E-state index is 10.6. The molecule has 1 aromatic carbocycles. The summed E-state index contributed by atoms with van der Waals surface area (Å²) in [7, 11) is 0. The molecule has 1 saturated heterocycles. The lowest BCUT2D eigenvalue weighted by atomic mass is 9.98. The van der Waals surface area contributed by atoms with Crippen LogP contribution in [0.25, 0.3) is 0 Å². The second-order valence-electron chi connectivity index (χ2n) is 4.32. The van der Waals surface area contributed by atoms with Gasteiger partial charge in [-0.3, -0.25) is 4.90 Å². The van der Waals surface area contributed by atoms with Gasteiger partial charge < -0.3 is 9.84 Å². The molecule has 0 aromatic heterocycles. The Balaban J connectivity index is 2.11. The molecule has 18 heavy (non-hydrogen) atoms. The zero-order valence-electron chi connectivity index (χ0n) is 10.2. The lowest BCUT2D eigenvalue weighted by Crippen LogP contribution is -2.51. The molecule has 1 N–H and O–H groups in total. The quantitative estimate of drug-likeness (QED) is 0.642. The fourth-order valence-electron chi connectivity index (χ4n) is 2.28. The summed E-state index contributed by atoms with van der Waals surface area (Å²) in [6.45, 7) is 4.62. The molecule has 1 fully saturated rings. The van der Waals surface area contributed by atoms with Crippen LogP contribution in [0.15, 0.2) is 43.0 Å². The summed E-state index contributed by atoms with van der Waals surface area (Å²) in [6.07, 6.45) is 1.85. The first-order valence-corrected chi connectivity index (χ1v) is 6.03. The highest BCUT2D eigenvalue weighted by Crippen LogP contribution is 2.33. The van der Waals surface area contributed by atoms with E-state index in [4.69, 9.17) is 9.84 Å². The van der Waals surface area contributed by atoms with Crippen LogP contribution in [0.5, 0.6) is 0 Å². The van der Waals surface area contributed by atoms with Gasteiger partial charge in [0.25, 0.3) is 0 Å². The van der Waals surface area contributed by atoms with E-state index in [1.807, 2.05) is 36.4 Å². The molecule has 2 unspecified atom stereocenters. The van der Waals surface area contributed by atoms with Gasteiger partial charge in [-0.2, -0.15) is 0 Å². The second kappa shape index (κ2) is 5.69. The zero-order valence-corrected chi connectivity index (χ0v) is 10.2. The minimum Gasteiger partial charge on any atom is -0.450 e. The third-order valence-electron chi connectivity index (χ3n) is 3.22. The Labute approximate surface area is 106 Å². The summed E-state index contributed by atoms with van der Waals surface area (Å²) in [5.41, 5.74) is 1.16. The van der Waals surface area contributed by atoms with Gasteiger partial charge in [-0.05, 0) is 12.0 Å². The average molecular weight is 247 g/mol. The van der Waals surface area contributed by atoms with Crippen molar-refractivity contribution in [2.24, 2.45) is 0 Å². The summed E-state index contributed by atoms with van der Waals surface area (Å²) in [4.78, 5) is 12.7. The first-order valence-electron chi connectivity index (χ1n) is 6.03. The summed E-state index contributed by atoms with van der Waals surface area (Å²) in [5.74, 6) is 0. The van der Waals surface area contributed by atoms with E-state index in [0.29, 0.717) is 0 Å². The van der Waals surface area contributed by atoms with Crippen LogP contribution in [0.1, 0.15) is 24.4 Å². The Bertz CT molecular complexity index is 418. The first kappa shape index (κ1) is 12.6. The van der Waals surface area contributed by atoms with Crippen molar-refractivity contribution in [2.45, 2.75) is 25.1 Å². The van der Waals surface area contributed by atoms with Crippen LogP contribution in [-0.2, 0) is 4.74 Å². The molecule has 1 aliphatic heterocycles.